The van der Waals surface area contributed by atoms with E-state index in [1.54, 1.807) is 0 Å². The van der Waals surface area contributed by atoms with Gasteiger partial charge in [-0.1, -0.05) is 447 Å². The number of hydrogen-bond donors (Lipinski definition) is 3. The van der Waals surface area contributed by atoms with Crippen molar-refractivity contribution in [1.29, 1.82) is 0 Å². The second-order valence-corrected chi connectivity index (χ2v) is 24.4. The number of nitrogens with two attached hydrogens (primary N) is 1. The molecule has 5 atom stereocenters. The molecular weight excluding hydrogens is 1520 g/mol. The molecule has 14 rings (SSSR count). The minimum atomic E-state index is 0. The average molecular weight is 1670 g/mol. The van der Waals surface area contributed by atoms with E-state index in [0.717, 1.165) is 84.9 Å². The first-order chi connectivity index (χ1) is 57.3. The monoisotopic (exact) mass is 1670 g/mol. The van der Waals surface area contributed by atoms with E-state index in [0.29, 0.717) is 61.1 Å². The normalized spacial score (nSPS) is 15.5. The molecule has 8 nitrogen and oxygen atoms in total. The molecule has 0 amide bonds. The third kappa shape index (κ3) is 45.3. The molecule has 119 heavy (non-hydrogen) atoms. The van der Waals surface area contributed by atoms with Crippen LogP contribution in [0.5, 0.6) is 0 Å². The fourth-order valence-electron chi connectivity index (χ4n) is 13.4. The van der Waals surface area contributed by atoms with Gasteiger partial charge in [-0.2, -0.15) is 0 Å². The number of allylic oxidation sites excluding steroid dienone is 6. The van der Waals surface area contributed by atoms with Gasteiger partial charge in [0.25, 0.3) is 0 Å². The number of hydrogen-bond acceptors (Lipinski definition) is 8. The number of ketones is 4. The topological polar surface area (TPSA) is 147 Å². The Morgan fingerprint density at radius 3 is 0.941 bits per heavy atom. The molecule has 10 aromatic carbocycles. The van der Waals surface area contributed by atoms with Gasteiger partial charge in [0.05, 0.1) is 5.71 Å². The van der Waals surface area contributed by atoms with Crippen LogP contribution in [0.25, 0.3) is 16.7 Å². The van der Waals surface area contributed by atoms with E-state index < -0.39 is 0 Å². The van der Waals surface area contributed by atoms with E-state index >= 15 is 0 Å². The Bertz CT molecular complexity index is 4070. The molecule has 10 aromatic rings. The molecule has 0 saturated heterocycles. The predicted molar refractivity (Wildman–Crippen MR) is 517 cm³/mol. The van der Waals surface area contributed by atoms with Crippen LogP contribution in [0.1, 0.15) is 299 Å². The van der Waals surface area contributed by atoms with E-state index in [9.17, 15) is 19.2 Å². The van der Waals surface area contributed by atoms with Crippen molar-refractivity contribution in [3.63, 3.8) is 0 Å². The number of nitrogens with zero attached hydrogens (tertiary/aromatic N) is 1. The third-order valence-corrected chi connectivity index (χ3v) is 18.1. The summed E-state index contributed by atoms with van der Waals surface area (Å²) in [6.07, 6.45) is 15.8. The zero-order valence-electron chi connectivity index (χ0n) is 77.0. The molecule has 1 saturated carbocycles. The van der Waals surface area contributed by atoms with Crippen molar-refractivity contribution in [2.24, 2.45) is 11.1 Å². The first-order valence-electron chi connectivity index (χ1n) is 43.5. The summed E-state index contributed by atoms with van der Waals surface area (Å²) in [6.45, 7) is 40.0. The van der Waals surface area contributed by atoms with Crippen LogP contribution < -0.4 is 5.90 Å². The molecule has 0 spiro atoms. The van der Waals surface area contributed by atoms with Gasteiger partial charge in [0.15, 0.2) is 17.3 Å². The Morgan fingerprint density at radius 2 is 0.597 bits per heavy atom. The van der Waals surface area contributed by atoms with Gasteiger partial charge < -0.3 is 17.8 Å². The largest absolute Gasteiger partial charge is 0.411 e. The minimum absolute atomic E-state index is 0. The van der Waals surface area contributed by atoms with Gasteiger partial charge in [-0.25, -0.2) is 5.90 Å². The van der Waals surface area contributed by atoms with E-state index in [2.05, 4.69) is 175 Å². The average Bonchev–Trinajstić information content (AvgIpc) is 1.77. The summed E-state index contributed by atoms with van der Waals surface area (Å²) in [4.78, 5) is 47.6. The Hall–Kier alpha value is -8.29. The molecule has 10 heteroatoms. The quantitative estimate of drug-likeness (QED) is 0.0292. The summed E-state index contributed by atoms with van der Waals surface area (Å²) in [7, 11) is 0. The van der Waals surface area contributed by atoms with Crippen LogP contribution in [0.3, 0.4) is 0 Å². The molecule has 4 N–H and O–H groups in total. The van der Waals surface area contributed by atoms with Crippen molar-refractivity contribution >= 4 is 96.9 Å². The fourth-order valence-corrected chi connectivity index (χ4v) is 13.4. The maximum absolute atomic E-state index is 12.0. The third-order valence-electron chi connectivity index (χ3n) is 18.1. The molecule has 0 bridgehead atoms. The van der Waals surface area contributed by atoms with Crippen molar-refractivity contribution in [2.45, 2.75) is 245 Å². The van der Waals surface area contributed by atoms with Crippen molar-refractivity contribution in [2.75, 3.05) is 0 Å². The van der Waals surface area contributed by atoms with Gasteiger partial charge in [0.1, 0.15) is 5.78 Å². The summed E-state index contributed by atoms with van der Waals surface area (Å²) in [6, 6.07) is 103. The molecule has 2 radical (unpaired) electrons. The molecule has 4 aliphatic rings. The van der Waals surface area contributed by atoms with Gasteiger partial charge in [-0.05, 0) is 142 Å². The van der Waals surface area contributed by atoms with Crippen LogP contribution in [0, 0.1) is 7.43 Å². The molecule has 638 valence electrons. The molecule has 0 aromatic heterocycles. The van der Waals surface area contributed by atoms with Crippen LogP contribution in [0.15, 0.2) is 327 Å². The van der Waals surface area contributed by atoms with Gasteiger partial charge >= 0.3 is 0 Å². The second kappa shape index (κ2) is 80.8. The Balaban J connectivity index is -0.000000427. The predicted octanol–water partition coefficient (Wildman–Crippen LogP) is 30.8. The zero-order valence-corrected chi connectivity index (χ0v) is 81.5. The van der Waals surface area contributed by atoms with Crippen molar-refractivity contribution < 1.29 is 48.1 Å². The SMILES string of the molecule is CC.CC.CC.CC.CC.CC.CC.CC.CC.CC.NO.O=C(Cc1ccccc1)c1ccccc1.O=C1C=C(c2ccccc2)C(c2ccccc2)CC1.O=C1C=C(c2ccccc2)C(c2ccccc2)CCC1.O=C1CCCC(c2ccccc2)C(c2ccccc2)C1.ON=C1C=C(c2ccccc2)C(c2ccccc2)CC1.[CH3-].[K].[V]. The summed E-state index contributed by atoms with van der Waals surface area (Å²) in [5.41, 5.74) is 16.3. The molecule has 0 heterocycles. The van der Waals surface area contributed by atoms with Gasteiger partial charge in [-0.3, -0.25) is 19.2 Å². The van der Waals surface area contributed by atoms with Crippen LogP contribution >= 0.6 is 0 Å². The smallest absolute Gasteiger partial charge is 0.167 e. The first kappa shape index (κ1) is 119. The van der Waals surface area contributed by atoms with Crippen molar-refractivity contribution in [3.8, 4) is 0 Å². The maximum atomic E-state index is 12.0. The zero-order chi connectivity index (χ0) is 86.9. The standard InChI is InChI=1S/C19H20O.C19H18O.C18H17NO.C18H16O.C14H12O.10C2H6.CH3.K.H3NO.V/c2*20-17-12-7-13-18(15-8-3-1-4-9-15)19(14-17)16-10-5-2-6-11-16;20-19-16-11-12-17(14-7-3-1-4-8-14)18(13-16)15-9-5-2-6-10-15;19-16-11-12-17(14-7-3-1-4-8-14)18(13-16)15-9-5-2-6-10-15;15-14(13-9-5-2-6-10-13)11-12-7-3-1-4-8-12;10*1-2;;;1-2;/h1-6,8-11,18-19H,7,12-14H2;1-6,8-11,14,18H,7,12-13H2;1-10,13,17,20H,11-12H2;1-10,13,17H,11-12H2;1-10H,11H2;10*1-2H3;1H3;;2H,1H2;/q;;;;;;;;;;;;;;;-1;;;. The van der Waals surface area contributed by atoms with Gasteiger partial charge in [0.2, 0.25) is 0 Å². The van der Waals surface area contributed by atoms with E-state index in [1.807, 2.05) is 296 Å². The van der Waals surface area contributed by atoms with Crippen LogP contribution in [0.4, 0.5) is 0 Å². The summed E-state index contributed by atoms with van der Waals surface area (Å²) < 4.78 is 0. The van der Waals surface area contributed by atoms with Crippen molar-refractivity contribution in [1.82, 2.24) is 0 Å². The van der Waals surface area contributed by atoms with E-state index in [1.165, 1.54) is 44.5 Å². The number of oxime groups is 1. The van der Waals surface area contributed by atoms with Gasteiger partial charge in [0, 0.05) is 125 Å². The summed E-state index contributed by atoms with van der Waals surface area (Å²) in [5, 5.41) is 18.9. The summed E-state index contributed by atoms with van der Waals surface area (Å²) >= 11 is 0. The van der Waals surface area contributed by atoms with Gasteiger partial charge in [-0.15, -0.1) is 0 Å². The van der Waals surface area contributed by atoms with Crippen LogP contribution in [-0.2, 0) is 39.4 Å². The Morgan fingerprint density at radius 1 is 0.328 bits per heavy atom. The number of rotatable bonds is 11. The van der Waals surface area contributed by atoms with E-state index in [4.69, 9.17) is 10.4 Å². The molecular formula is C109H149KN2O6V-. The minimum Gasteiger partial charge on any atom is -0.411 e. The van der Waals surface area contributed by atoms with E-state index in [-0.39, 0.29) is 94.7 Å². The Labute approximate surface area is 778 Å². The molecule has 5 unspecified atom stereocenters. The first-order valence-corrected chi connectivity index (χ1v) is 43.5. The molecule has 0 aliphatic heterocycles. The van der Waals surface area contributed by atoms with Crippen LogP contribution in [-0.4, -0.2) is 90.6 Å². The number of Topliss-reactive ketones (excluding diaryl/α,β-unsaturated/α-hetero) is 2. The fraction of sp³-hybridized carbons (Fsp3) is 0.339. The number of benzene rings is 10. The summed E-state index contributed by atoms with van der Waals surface area (Å²) in [5.74, 6) is 6.39. The van der Waals surface area contributed by atoms with Crippen LogP contribution in [0.2, 0.25) is 0 Å². The number of carbonyl (C=O) groups is 4. The second-order valence-electron chi connectivity index (χ2n) is 24.4. The maximum Gasteiger partial charge on any atom is 0.167 e. The number of carbonyl (C=O) groups excluding carboxylic acids is 4. The van der Waals surface area contributed by atoms with Crippen molar-refractivity contribution in [3.05, 3.63) is 385 Å². The molecule has 1 fully saturated rings. The Kier molecular flexibility index (Phi) is 80.9. The molecule has 4 aliphatic carbocycles.